The van der Waals surface area contributed by atoms with Gasteiger partial charge in [-0.3, -0.25) is 9.63 Å². The lowest BCUT2D eigenvalue weighted by molar-refractivity contribution is -0.143. The van der Waals surface area contributed by atoms with Gasteiger partial charge in [0.2, 0.25) is 0 Å². The zero-order valence-corrected chi connectivity index (χ0v) is 7.34. The molecule has 0 aromatic heterocycles. The summed E-state index contributed by atoms with van der Waals surface area (Å²) >= 11 is 0. The van der Waals surface area contributed by atoms with Crippen molar-refractivity contribution in [1.29, 1.82) is 0 Å². The van der Waals surface area contributed by atoms with E-state index in [2.05, 4.69) is 10.2 Å². The molecule has 12 heavy (non-hydrogen) atoms. The van der Waals surface area contributed by atoms with Gasteiger partial charge in [0, 0.05) is 0 Å². The maximum atomic E-state index is 10.6. The molecule has 0 aromatic carbocycles. The predicted molar refractivity (Wildman–Crippen MR) is 43.4 cm³/mol. The molecule has 0 radical (unpaired) electrons. The van der Waals surface area contributed by atoms with Crippen LogP contribution in [0.25, 0.3) is 0 Å². The van der Waals surface area contributed by atoms with Crippen molar-refractivity contribution in [1.82, 2.24) is 5.48 Å². The number of rotatable bonds is 4. The third-order valence-corrected chi connectivity index (χ3v) is 2.00. The molecule has 0 unspecified atom stereocenters. The van der Waals surface area contributed by atoms with E-state index in [1.165, 1.54) is 20.0 Å². The fourth-order valence-corrected chi connectivity index (χ4v) is 1.30. The molecular formula is C8H15NO3. The van der Waals surface area contributed by atoms with Gasteiger partial charge in [-0.15, -0.1) is 0 Å². The van der Waals surface area contributed by atoms with Crippen LogP contribution in [0, 0.1) is 0 Å². The van der Waals surface area contributed by atoms with E-state index >= 15 is 0 Å². The van der Waals surface area contributed by atoms with Gasteiger partial charge in [0.25, 0.3) is 0 Å². The van der Waals surface area contributed by atoms with Crippen molar-refractivity contribution < 1.29 is 14.4 Å². The zero-order chi connectivity index (χ0) is 8.81. The van der Waals surface area contributed by atoms with Gasteiger partial charge in [0.1, 0.15) is 6.54 Å². The lowest BCUT2D eigenvalue weighted by Crippen LogP contribution is -2.28. The summed E-state index contributed by atoms with van der Waals surface area (Å²) in [5.74, 6) is -0.298. The van der Waals surface area contributed by atoms with Gasteiger partial charge in [-0.25, -0.2) is 0 Å². The molecule has 0 aromatic rings. The van der Waals surface area contributed by atoms with Crippen molar-refractivity contribution in [2.24, 2.45) is 0 Å². The highest BCUT2D eigenvalue weighted by Crippen LogP contribution is 2.19. The first-order valence-corrected chi connectivity index (χ1v) is 4.28. The summed E-state index contributed by atoms with van der Waals surface area (Å²) in [4.78, 5) is 15.8. The molecule has 4 heteroatoms. The third kappa shape index (κ3) is 3.19. The van der Waals surface area contributed by atoms with Crippen molar-refractivity contribution in [2.45, 2.75) is 31.8 Å². The highest BCUT2D eigenvalue weighted by Gasteiger charge is 2.15. The molecule has 1 saturated carbocycles. The smallest absolute Gasteiger partial charge is 0.322 e. The maximum absolute atomic E-state index is 10.6. The first-order chi connectivity index (χ1) is 5.83. The standard InChI is InChI=1S/C8H15NO3/c1-11-8(10)6-9-12-7-4-2-3-5-7/h7,9H,2-6H2,1H3. The second-order valence-electron chi connectivity index (χ2n) is 2.92. The SMILES string of the molecule is COC(=O)CNOC1CCCC1. The minimum Gasteiger partial charge on any atom is -0.468 e. The van der Waals surface area contributed by atoms with E-state index in [-0.39, 0.29) is 18.6 Å². The van der Waals surface area contributed by atoms with E-state index in [1.54, 1.807) is 0 Å². The Bertz CT molecular complexity index is 143. The maximum Gasteiger partial charge on any atom is 0.322 e. The molecule has 1 N–H and O–H groups in total. The molecule has 0 aliphatic heterocycles. The van der Waals surface area contributed by atoms with Crippen molar-refractivity contribution in [3.05, 3.63) is 0 Å². The number of hydrogen-bond donors (Lipinski definition) is 1. The molecule has 0 spiro atoms. The van der Waals surface area contributed by atoms with Crippen molar-refractivity contribution in [3.63, 3.8) is 0 Å². The molecule has 70 valence electrons. The number of esters is 1. The summed E-state index contributed by atoms with van der Waals surface area (Å²) in [5.41, 5.74) is 2.60. The first-order valence-electron chi connectivity index (χ1n) is 4.28. The van der Waals surface area contributed by atoms with Crippen LogP contribution in [0.15, 0.2) is 0 Å². The Balaban J connectivity index is 1.97. The highest BCUT2D eigenvalue weighted by molar-refractivity contribution is 5.71. The van der Waals surface area contributed by atoms with E-state index in [0.717, 1.165) is 12.8 Å². The second-order valence-corrected chi connectivity index (χ2v) is 2.92. The van der Waals surface area contributed by atoms with Crippen LogP contribution < -0.4 is 5.48 Å². The number of hydrogen-bond acceptors (Lipinski definition) is 4. The number of carbonyl (C=O) groups excluding carboxylic acids is 1. The van der Waals surface area contributed by atoms with Crippen LogP contribution in [-0.4, -0.2) is 25.7 Å². The Hall–Kier alpha value is -0.610. The number of nitrogens with one attached hydrogen (secondary N) is 1. The molecule has 1 fully saturated rings. The van der Waals surface area contributed by atoms with Crippen LogP contribution in [0.5, 0.6) is 0 Å². The lowest BCUT2D eigenvalue weighted by Gasteiger charge is -2.10. The summed E-state index contributed by atoms with van der Waals surface area (Å²) < 4.78 is 4.43. The minimum atomic E-state index is -0.298. The molecule has 1 aliphatic rings. The van der Waals surface area contributed by atoms with Gasteiger partial charge in [0.05, 0.1) is 13.2 Å². The predicted octanol–water partition coefficient (Wildman–Crippen LogP) is 0.623. The second kappa shape index (κ2) is 5.11. The number of methoxy groups -OCH3 is 1. The molecule has 0 amide bonds. The van der Waals surface area contributed by atoms with Crippen LogP contribution >= 0.6 is 0 Å². The molecule has 1 rings (SSSR count). The fourth-order valence-electron chi connectivity index (χ4n) is 1.30. The molecular weight excluding hydrogens is 158 g/mol. The topological polar surface area (TPSA) is 47.6 Å². The van der Waals surface area contributed by atoms with Crippen LogP contribution in [0.1, 0.15) is 25.7 Å². The number of carbonyl (C=O) groups is 1. The van der Waals surface area contributed by atoms with Gasteiger partial charge in [0.15, 0.2) is 0 Å². The third-order valence-electron chi connectivity index (χ3n) is 2.00. The summed E-state index contributed by atoms with van der Waals surface area (Å²) in [6.07, 6.45) is 4.92. The van der Waals surface area contributed by atoms with Crippen molar-refractivity contribution >= 4 is 5.97 Å². The molecule has 0 heterocycles. The van der Waals surface area contributed by atoms with Crippen molar-refractivity contribution in [2.75, 3.05) is 13.7 Å². The van der Waals surface area contributed by atoms with Crippen LogP contribution in [0.3, 0.4) is 0 Å². The quantitative estimate of drug-likeness (QED) is 0.500. The van der Waals surface area contributed by atoms with E-state index in [9.17, 15) is 4.79 Å². The van der Waals surface area contributed by atoms with E-state index in [1.807, 2.05) is 0 Å². The Morgan fingerprint density at radius 3 is 2.75 bits per heavy atom. The summed E-state index contributed by atoms with van der Waals surface area (Å²) in [6.45, 7) is 0.132. The normalized spacial score (nSPS) is 18.1. The zero-order valence-electron chi connectivity index (χ0n) is 7.34. The first kappa shape index (κ1) is 9.48. The van der Waals surface area contributed by atoms with Gasteiger partial charge in [-0.2, -0.15) is 5.48 Å². The molecule has 0 bridgehead atoms. The van der Waals surface area contributed by atoms with Gasteiger partial charge in [-0.1, -0.05) is 12.8 Å². The van der Waals surface area contributed by atoms with Gasteiger partial charge >= 0.3 is 5.97 Å². The van der Waals surface area contributed by atoms with Crippen LogP contribution in [0.2, 0.25) is 0 Å². The average Bonchev–Trinajstić information content (AvgIpc) is 2.57. The Kier molecular flexibility index (Phi) is 4.04. The van der Waals surface area contributed by atoms with Gasteiger partial charge < -0.3 is 4.74 Å². The Labute approximate surface area is 72.2 Å². The van der Waals surface area contributed by atoms with Gasteiger partial charge in [-0.05, 0) is 12.8 Å². The Morgan fingerprint density at radius 1 is 1.50 bits per heavy atom. The Morgan fingerprint density at radius 2 is 2.17 bits per heavy atom. The molecule has 1 aliphatic carbocycles. The largest absolute Gasteiger partial charge is 0.468 e. The minimum absolute atomic E-state index is 0.132. The summed E-state index contributed by atoms with van der Waals surface area (Å²) in [6, 6.07) is 0. The highest BCUT2D eigenvalue weighted by atomic mass is 16.7. The van der Waals surface area contributed by atoms with E-state index in [4.69, 9.17) is 4.84 Å². The van der Waals surface area contributed by atoms with Crippen molar-refractivity contribution in [3.8, 4) is 0 Å². The average molecular weight is 173 g/mol. The van der Waals surface area contributed by atoms with E-state index < -0.39 is 0 Å². The molecule has 4 nitrogen and oxygen atoms in total. The lowest BCUT2D eigenvalue weighted by atomic mass is 10.3. The summed E-state index contributed by atoms with van der Waals surface area (Å²) in [7, 11) is 1.36. The van der Waals surface area contributed by atoms with E-state index in [0.29, 0.717) is 0 Å². The summed E-state index contributed by atoms with van der Waals surface area (Å²) in [5, 5.41) is 0. The monoisotopic (exact) mass is 173 g/mol. The fraction of sp³-hybridized carbons (Fsp3) is 0.875. The number of ether oxygens (including phenoxy) is 1. The molecule has 0 saturated heterocycles. The number of hydroxylamine groups is 1. The molecule has 0 atom stereocenters. The van der Waals surface area contributed by atoms with Crippen LogP contribution in [-0.2, 0) is 14.4 Å². The van der Waals surface area contributed by atoms with Crippen LogP contribution in [0.4, 0.5) is 0 Å².